The summed E-state index contributed by atoms with van der Waals surface area (Å²) < 4.78 is 12.6. The second-order valence-electron chi connectivity index (χ2n) is 8.53. The highest BCUT2D eigenvalue weighted by molar-refractivity contribution is 6.07. The van der Waals surface area contributed by atoms with Crippen LogP contribution >= 0.6 is 0 Å². The molecule has 6 rings (SSSR count). The molecule has 4 aromatic carbocycles. The number of benzene rings is 4. The van der Waals surface area contributed by atoms with Gasteiger partial charge in [0.2, 0.25) is 0 Å². The minimum atomic E-state index is -0.0888. The maximum Gasteiger partial charge on any atom is 0.129 e. The third kappa shape index (κ3) is 3.99. The van der Waals surface area contributed by atoms with E-state index in [4.69, 9.17) is 19.7 Å². The molecule has 0 fully saturated rings. The lowest BCUT2D eigenvalue weighted by atomic mass is 9.95. The highest BCUT2D eigenvalue weighted by atomic mass is 16.5. The van der Waals surface area contributed by atoms with Crippen LogP contribution in [0.15, 0.2) is 119 Å². The van der Waals surface area contributed by atoms with Crippen LogP contribution in [-0.2, 0) is 0 Å². The van der Waals surface area contributed by atoms with Crippen molar-refractivity contribution in [2.24, 2.45) is 10.2 Å². The Morgan fingerprint density at radius 3 is 1.29 bits per heavy atom. The van der Waals surface area contributed by atoms with Crippen molar-refractivity contribution in [3.63, 3.8) is 0 Å². The first-order valence-corrected chi connectivity index (χ1v) is 11.6. The third-order valence-electron chi connectivity index (χ3n) is 6.33. The van der Waals surface area contributed by atoms with E-state index in [0.29, 0.717) is 12.8 Å². The van der Waals surface area contributed by atoms with Crippen LogP contribution in [0, 0.1) is 0 Å². The lowest BCUT2D eigenvalue weighted by Gasteiger charge is -2.28. The number of rotatable bonds is 3. The highest BCUT2D eigenvalue weighted by Gasteiger charge is 2.28. The van der Waals surface area contributed by atoms with Gasteiger partial charge in [-0.1, -0.05) is 84.9 Å². The summed E-state index contributed by atoms with van der Waals surface area (Å²) in [7, 11) is 0. The average Bonchev–Trinajstić information content (AvgIpc) is 2.92. The summed E-state index contributed by atoms with van der Waals surface area (Å²) in [5.74, 6) is 1.69. The van der Waals surface area contributed by atoms with Gasteiger partial charge in [0.25, 0.3) is 0 Å². The number of hydrogen-bond acceptors (Lipinski definition) is 4. The van der Waals surface area contributed by atoms with Crippen molar-refractivity contribution in [1.82, 2.24) is 0 Å². The number of para-hydroxylation sites is 2. The monoisotopic (exact) mass is 444 g/mol. The van der Waals surface area contributed by atoms with E-state index in [9.17, 15) is 0 Å². The normalized spacial score (nSPS) is 21.3. The molecule has 0 spiro atoms. The van der Waals surface area contributed by atoms with Gasteiger partial charge in [0.05, 0.1) is 11.4 Å². The molecule has 0 saturated heterocycles. The van der Waals surface area contributed by atoms with E-state index in [0.717, 1.165) is 45.2 Å². The number of hydrogen-bond donors (Lipinski definition) is 0. The Balaban J connectivity index is 1.39. The summed E-state index contributed by atoms with van der Waals surface area (Å²) in [6, 6.07) is 36.7. The molecule has 0 radical (unpaired) electrons. The van der Waals surface area contributed by atoms with Crippen LogP contribution in [-0.4, -0.2) is 11.4 Å². The molecule has 4 nitrogen and oxygen atoms in total. The van der Waals surface area contributed by atoms with Gasteiger partial charge in [-0.25, -0.2) is 0 Å². The predicted octanol–water partition coefficient (Wildman–Crippen LogP) is 6.93. The molecule has 34 heavy (non-hydrogen) atoms. The van der Waals surface area contributed by atoms with Gasteiger partial charge >= 0.3 is 0 Å². The Kier molecular flexibility index (Phi) is 5.40. The molecule has 0 N–H and O–H groups in total. The van der Waals surface area contributed by atoms with E-state index >= 15 is 0 Å². The van der Waals surface area contributed by atoms with E-state index < -0.39 is 0 Å². The van der Waals surface area contributed by atoms with Crippen LogP contribution in [0.2, 0.25) is 0 Å². The van der Waals surface area contributed by atoms with Gasteiger partial charge in [0.15, 0.2) is 0 Å². The van der Waals surface area contributed by atoms with E-state index in [-0.39, 0.29) is 12.2 Å². The Hall–Kier alpha value is -4.18. The van der Waals surface area contributed by atoms with E-state index in [1.165, 1.54) is 0 Å². The van der Waals surface area contributed by atoms with Crippen molar-refractivity contribution in [3.05, 3.63) is 131 Å². The highest BCUT2D eigenvalue weighted by Crippen LogP contribution is 2.37. The van der Waals surface area contributed by atoms with Crippen LogP contribution < -0.4 is 9.47 Å². The molecule has 0 aliphatic carbocycles. The summed E-state index contributed by atoms with van der Waals surface area (Å²) in [6.07, 6.45) is 1.15. The van der Waals surface area contributed by atoms with Crippen LogP contribution in [0.5, 0.6) is 11.5 Å². The summed E-state index contributed by atoms with van der Waals surface area (Å²) >= 11 is 0. The fourth-order valence-electron chi connectivity index (χ4n) is 4.59. The van der Waals surface area contributed by atoms with Gasteiger partial charge in [-0.2, -0.15) is 10.2 Å². The van der Waals surface area contributed by atoms with Crippen LogP contribution in [0.4, 0.5) is 0 Å². The minimum absolute atomic E-state index is 0.0888. The lowest BCUT2D eigenvalue weighted by Crippen LogP contribution is -2.22. The molecule has 2 aliphatic rings. The van der Waals surface area contributed by atoms with Crippen LogP contribution in [0.1, 0.15) is 47.3 Å². The molecule has 0 aromatic heterocycles. The molecule has 4 heteroatoms. The molecule has 4 aromatic rings. The quantitative estimate of drug-likeness (QED) is 0.322. The van der Waals surface area contributed by atoms with E-state index in [1.807, 2.05) is 72.8 Å². The van der Waals surface area contributed by atoms with Crippen molar-refractivity contribution >= 4 is 11.4 Å². The molecular weight excluding hydrogens is 420 g/mol. The molecular formula is C30H24N2O2. The first kappa shape index (κ1) is 20.4. The van der Waals surface area contributed by atoms with Gasteiger partial charge in [-0.15, -0.1) is 0 Å². The average molecular weight is 445 g/mol. The second kappa shape index (κ2) is 8.99. The zero-order valence-electron chi connectivity index (χ0n) is 18.7. The van der Waals surface area contributed by atoms with Crippen molar-refractivity contribution in [2.75, 3.05) is 0 Å². The maximum atomic E-state index is 6.32. The molecule has 0 amide bonds. The molecule has 0 bridgehead atoms. The van der Waals surface area contributed by atoms with Crippen LogP contribution in [0.3, 0.4) is 0 Å². The first-order chi connectivity index (χ1) is 16.8. The number of fused-ring (bicyclic) bond motifs is 2. The van der Waals surface area contributed by atoms with E-state index in [2.05, 4.69) is 36.4 Å². The Labute approximate surface area is 199 Å². The number of ether oxygens (including phenoxy) is 2. The molecule has 2 heterocycles. The summed E-state index contributed by atoms with van der Waals surface area (Å²) in [4.78, 5) is 0. The minimum Gasteiger partial charge on any atom is -0.485 e. The van der Waals surface area contributed by atoms with Crippen molar-refractivity contribution in [3.8, 4) is 11.5 Å². The topological polar surface area (TPSA) is 43.2 Å². The lowest BCUT2D eigenvalue weighted by molar-refractivity contribution is 0.205. The van der Waals surface area contributed by atoms with Crippen LogP contribution in [0.25, 0.3) is 0 Å². The van der Waals surface area contributed by atoms with Gasteiger partial charge in [0, 0.05) is 24.0 Å². The zero-order chi connectivity index (χ0) is 22.7. The van der Waals surface area contributed by atoms with Gasteiger partial charge < -0.3 is 9.47 Å². The smallest absolute Gasteiger partial charge is 0.129 e. The fraction of sp³-hybridized carbons (Fsp3) is 0.133. The molecule has 0 unspecified atom stereocenters. The molecule has 0 saturated carbocycles. The van der Waals surface area contributed by atoms with Gasteiger partial charge in [0.1, 0.15) is 23.7 Å². The third-order valence-corrected chi connectivity index (χ3v) is 6.33. The first-order valence-electron chi connectivity index (χ1n) is 11.6. The molecule has 166 valence electrons. The Bertz CT molecular complexity index is 1260. The summed E-state index contributed by atoms with van der Waals surface area (Å²) in [5, 5.41) is 9.64. The summed E-state index contributed by atoms with van der Waals surface area (Å²) in [6.45, 7) is 0. The van der Waals surface area contributed by atoms with Gasteiger partial charge in [-0.05, 0) is 35.4 Å². The fourth-order valence-corrected chi connectivity index (χ4v) is 4.59. The molecule has 2 atom stereocenters. The van der Waals surface area contributed by atoms with Crippen molar-refractivity contribution < 1.29 is 9.47 Å². The maximum absolute atomic E-state index is 6.32. The Morgan fingerprint density at radius 1 is 0.471 bits per heavy atom. The zero-order valence-corrected chi connectivity index (χ0v) is 18.7. The SMILES string of the molecule is c1ccc([C@@H]2C/C(=N/N=C3/C[C@@H](c4ccccc4)Oc4ccccc43)c3ccccc3O2)cc1. The second-order valence-corrected chi connectivity index (χ2v) is 8.53. The van der Waals surface area contributed by atoms with Gasteiger partial charge in [-0.3, -0.25) is 0 Å². The van der Waals surface area contributed by atoms with Crippen molar-refractivity contribution in [1.29, 1.82) is 0 Å². The van der Waals surface area contributed by atoms with Crippen molar-refractivity contribution in [2.45, 2.75) is 25.0 Å². The van der Waals surface area contributed by atoms with E-state index in [1.54, 1.807) is 0 Å². The number of nitrogens with zero attached hydrogens (tertiary/aromatic N) is 2. The molecule has 2 aliphatic heterocycles. The predicted molar refractivity (Wildman–Crippen MR) is 135 cm³/mol. The largest absolute Gasteiger partial charge is 0.485 e. The summed E-state index contributed by atoms with van der Waals surface area (Å²) in [5.41, 5.74) is 6.14. The Morgan fingerprint density at radius 2 is 0.853 bits per heavy atom. The standard InChI is InChI=1S/C30H24N2O2/c1-3-11-21(12-4-1)29-19-25(23-15-7-9-17-27(23)33-29)31-32-26-20-30(22-13-5-2-6-14-22)34-28-18-10-8-16-24(26)28/h1-18,29-30H,19-20H2/b31-25-,32-26-/t29-,30-/m0/s1.